The van der Waals surface area contributed by atoms with Gasteiger partial charge in [0.25, 0.3) is 0 Å². The SMILES string of the molecule is CCCCn1ccnc1NCCc1ccc(Cl)cc1. The van der Waals surface area contributed by atoms with E-state index in [-0.39, 0.29) is 0 Å². The molecule has 2 aromatic rings. The van der Waals surface area contributed by atoms with Crippen molar-refractivity contribution in [2.24, 2.45) is 0 Å². The molecule has 0 bridgehead atoms. The first-order chi connectivity index (χ1) is 9.29. The Labute approximate surface area is 119 Å². The molecule has 0 aliphatic heterocycles. The topological polar surface area (TPSA) is 29.9 Å². The number of aromatic nitrogens is 2. The standard InChI is InChI=1S/C15H20ClN3/c1-2-3-11-19-12-10-18-15(19)17-9-8-13-4-6-14(16)7-5-13/h4-7,10,12H,2-3,8-9,11H2,1H3,(H,17,18). The Bertz CT molecular complexity index is 490. The number of benzene rings is 1. The summed E-state index contributed by atoms with van der Waals surface area (Å²) in [5.74, 6) is 0.961. The summed E-state index contributed by atoms with van der Waals surface area (Å²) in [6.07, 6.45) is 7.23. The van der Waals surface area contributed by atoms with Gasteiger partial charge in [-0.1, -0.05) is 37.1 Å². The number of nitrogens with one attached hydrogen (secondary N) is 1. The average molecular weight is 278 g/mol. The van der Waals surface area contributed by atoms with E-state index in [4.69, 9.17) is 11.6 Å². The largest absolute Gasteiger partial charge is 0.355 e. The van der Waals surface area contributed by atoms with Crippen LogP contribution in [0.4, 0.5) is 5.95 Å². The lowest BCUT2D eigenvalue weighted by Crippen LogP contribution is -2.10. The highest BCUT2D eigenvalue weighted by atomic mass is 35.5. The fourth-order valence-electron chi connectivity index (χ4n) is 1.95. The van der Waals surface area contributed by atoms with Crippen molar-refractivity contribution in [3.8, 4) is 0 Å². The molecule has 1 aromatic carbocycles. The summed E-state index contributed by atoms with van der Waals surface area (Å²) in [5, 5.41) is 4.17. The van der Waals surface area contributed by atoms with Crippen molar-refractivity contribution in [1.82, 2.24) is 9.55 Å². The summed E-state index contributed by atoms with van der Waals surface area (Å²) >= 11 is 5.87. The molecule has 1 heterocycles. The Morgan fingerprint density at radius 1 is 1.26 bits per heavy atom. The molecule has 4 heteroatoms. The first-order valence-electron chi connectivity index (χ1n) is 6.79. The molecule has 0 unspecified atom stereocenters. The van der Waals surface area contributed by atoms with Gasteiger partial charge >= 0.3 is 0 Å². The summed E-state index contributed by atoms with van der Waals surface area (Å²) in [6, 6.07) is 7.99. The molecule has 0 saturated heterocycles. The Morgan fingerprint density at radius 2 is 2.05 bits per heavy atom. The van der Waals surface area contributed by atoms with E-state index < -0.39 is 0 Å². The first-order valence-corrected chi connectivity index (χ1v) is 7.17. The summed E-state index contributed by atoms with van der Waals surface area (Å²) in [4.78, 5) is 4.35. The molecule has 19 heavy (non-hydrogen) atoms. The van der Waals surface area contributed by atoms with Crippen molar-refractivity contribution in [3.05, 3.63) is 47.2 Å². The van der Waals surface area contributed by atoms with E-state index >= 15 is 0 Å². The number of nitrogens with zero attached hydrogens (tertiary/aromatic N) is 2. The Hall–Kier alpha value is -1.48. The van der Waals surface area contributed by atoms with Gasteiger partial charge in [0.15, 0.2) is 0 Å². The van der Waals surface area contributed by atoms with Crippen molar-refractivity contribution >= 4 is 17.5 Å². The quantitative estimate of drug-likeness (QED) is 0.829. The molecule has 0 aliphatic carbocycles. The van der Waals surface area contributed by atoms with Crippen LogP contribution in [0.2, 0.25) is 5.02 Å². The highest BCUT2D eigenvalue weighted by Crippen LogP contribution is 2.11. The van der Waals surface area contributed by atoms with E-state index in [1.165, 1.54) is 18.4 Å². The van der Waals surface area contributed by atoms with Crippen LogP contribution in [-0.2, 0) is 13.0 Å². The molecule has 3 nitrogen and oxygen atoms in total. The lowest BCUT2D eigenvalue weighted by atomic mass is 10.1. The van der Waals surface area contributed by atoms with Gasteiger partial charge in [-0.2, -0.15) is 0 Å². The van der Waals surface area contributed by atoms with Crippen LogP contribution in [0.1, 0.15) is 25.3 Å². The Morgan fingerprint density at radius 3 is 2.79 bits per heavy atom. The van der Waals surface area contributed by atoms with Crippen molar-refractivity contribution in [1.29, 1.82) is 0 Å². The van der Waals surface area contributed by atoms with Crippen LogP contribution in [0.15, 0.2) is 36.7 Å². The van der Waals surface area contributed by atoms with E-state index in [2.05, 4.69) is 33.9 Å². The Balaban J connectivity index is 1.82. The average Bonchev–Trinajstić information content (AvgIpc) is 2.86. The molecule has 0 radical (unpaired) electrons. The molecule has 2 rings (SSSR count). The van der Waals surface area contributed by atoms with Crippen LogP contribution >= 0.6 is 11.6 Å². The third kappa shape index (κ3) is 4.28. The number of hydrogen-bond acceptors (Lipinski definition) is 2. The van der Waals surface area contributed by atoms with E-state index in [9.17, 15) is 0 Å². The summed E-state index contributed by atoms with van der Waals surface area (Å²) < 4.78 is 2.17. The van der Waals surface area contributed by atoms with Gasteiger partial charge in [-0.05, 0) is 30.5 Å². The number of anilines is 1. The number of halogens is 1. The second kappa shape index (κ2) is 7.19. The van der Waals surface area contributed by atoms with Crippen LogP contribution in [0.5, 0.6) is 0 Å². The summed E-state index contributed by atoms with van der Waals surface area (Å²) in [7, 11) is 0. The minimum atomic E-state index is 0.784. The van der Waals surface area contributed by atoms with E-state index in [0.717, 1.165) is 30.5 Å². The smallest absolute Gasteiger partial charge is 0.202 e. The van der Waals surface area contributed by atoms with Gasteiger partial charge in [0.05, 0.1) is 0 Å². The summed E-state index contributed by atoms with van der Waals surface area (Å²) in [6.45, 7) is 4.11. The van der Waals surface area contributed by atoms with Gasteiger partial charge in [-0.15, -0.1) is 0 Å². The third-order valence-electron chi connectivity index (χ3n) is 3.08. The molecule has 0 amide bonds. The Kier molecular flexibility index (Phi) is 5.28. The molecule has 0 aliphatic rings. The minimum absolute atomic E-state index is 0.784. The van der Waals surface area contributed by atoms with Crippen molar-refractivity contribution in [3.63, 3.8) is 0 Å². The highest BCUT2D eigenvalue weighted by molar-refractivity contribution is 6.30. The van der Waals surface area contributed by atoms with Crippen molar-refractivity contribution < 1.29 is 0 Å². The van der Waals surface area contributed by atoms with Crippen LogP contribution in [0.3, 0.4) is 0 Å². The zero-order chi connectivity index (χ0) is 13.5. The predicted molar refractivity (Wildman–Crippen MR) is 80.8 cm³/mol. The molecule has 1 N–H and O–H groups in total. The maximum atomic E-state index is 5.87. The second-order valence-corrected chi connectivity index (χ2v) is 5.04. The fourth-order valence-corrected chi connectivity index (χ4v) is 2.08. The van der Waals surface area contributed by atoms with Gasteiger partial charge in [-0.3, -0.25) is 0 Å². The van der Waals surface area contributed by atoms with Crippen molar-refractivity contribution in [2.75, 3.05) is 11.9 Å². The van der Waals surface area contributed by atoms with Crippen molar-refractivity contribution in [2.45, 2.75) is 32.7 Å². The summed E-state index contributed by atoms with van der Waals surface area (Å²) in [5.41, 5.74) is 1.28. The third-order valence-corrected chi connectivity index (χ3v) is 3.33. The van der Waals surface area contributed by atoms with Gasteiger partial charge in [0.2, 0.25) is 5.95 Å². The van der Waals surface area contributed by atoms with Gasteiger partial charge in [-0.25, -0.2) is 4.98 Å². The lowest BCUT2D eigenvalue weighted by molar-refractivity contribution is 0.635. The number of aryl methyl sites for hydroxylation is 1. The maximum Gasteiger partial charge on any atom is 0.202 e. The second-order valence-electron chi connectivity index (χ2n) is 4.60. The monoisotopic (exact) mass is 277 g/mol. The normalized spacial score (nSPS) is 10.6. The van der Waals surface area contributed by atoms with Gasteiger partial charge in [0, 0.05) is 30.5 Å². The number of unbranched alkanes of at least 4 members (excludes halogenated alkanes) is 1. The molecular weight excluding hydrogens is 258 g/mol. The fraction of sp³-hybridized carbons (Fsp3) is 0.400. The maximum absolute atomic E-state index is 5.87. The van der Waals surface area contributed by atoms with Crippen LogP contribution in [0, 0.1) is 0 Å². The van der Waals surface area contributed by atoms with E-state index in [0.29, 0.717) is 0 Å². The molecule has 0 fully saturated rings. The number of imidazole rings is 1. The first kappa shape index (κ1) is 13.9. The molecule has 1 aromatic heterocycles. The number of hydrogen-bond donors (Lipinski definition) is 1. The van der Waals surface area contributed by atoms with Crippen LogP contribution < -0.4 is 5.32 Å². The molecule has 0 spiro atoms. The zero-order valence-electron chi connectivity index (χ0n) is 11.3. The van der Waals surface area contributed by atoms with E-state index in [1.807, 2.05) is 24.5 Å². The molecule has 102 valence electrons. The molecule has 0 saturated carbocycles. The van der Waals surface area contributed by atoms with Gasteiger partial charge in [0.1, 0.15) is 0 Å². The molecule has 0 atom stereocenters. The zero-order valence-corrected chi connectivity index (χ0v) is 12.0. The predicted octanol–water partition coefficient (Wildman–Crippen LogP) is 3.99. The van der Waals surface area contributed by atoms with E-state index in [1.54, 1.807) is 0 Å². The van der Waals surface area contributed by atoms with Gasteiger partial charge < -0.3 is 9.88 Å². The minimum Gasteiger partial charge on any atom is -0.355 e. The molecular formula is C15H20ClN3. The number of rotatable bonds is 7. The van der Waals surface area contributed by atoms with Crippen LogP contribution in [0.25, 0.3) is 0 Å². The highest BCUT2D eigenvalue weighted by Gasteiger charge is 2.01. The lowest BCUT2D eigenvalue weighted by Gasteiger charge is -2.09. The van der Waals surface area contributed by atoms with Crippen LogP contribution in [-0.4, -0.2) is 16.1 Å².